The normalized spacial score (nSPS) is 63.2. The minimum atomic E-state index is -1.80. The van der Waals surface area contributed by atoms with Crippen molar-refractivity contribution in [2.24, 2.45) is 0 Å². The molecule has 0 bridgehead atoms. The fourth-order valence-electron chi connectivity index (χ4n) is 3.26. The summed E-state index contributed by atoms with van der Waals surface area (Å²) in [5, 5.41) is 13.6. The van der Waals surface area contributed by atoms with Gasteiger partial charge in [-0.25, -0.2) is 0 Å². The van der Waals surface area contributed by atoms with Gasteiger partial charge in [0.05, 0.1) is 0 Å². The smallest absolute Gasteiger partial charge is 0.295 e. The average molecular weight is 320 g/mol. The topological polar surface area (TPSA) is 117 Å². The Morgan fingerprint density at radius 1 is 0.864 bits per heavy atom. The minimum Gasteiger partial charge on any atom is -0.295 e. The molecule has 0 aliphatic carbocycles. The van der Waals surface area contributed by atoms with Crippen molar-refractivity contribution in [2.45, 2.75) is 48.6 Å². The maximum atomic E-state index is 5.60. The largest absolute Gasteiger partial charge is 0.386 e. The monoisotopic (exact) mass is 320 g/mol. The van der Waals surface area contributed by atoms with Crippen molar-refractivity contribution in [2.75, 3.05) is 0 Å². The Bertz CT molecular complexity index is 607. The van der Waals surface area contributed by atoms with Crippen LogP contribution in [0.4, 0.5) is 0 Å². The van der Waals surface area contributed by atoms with Crippen LogP contribution in [-0.2, 0) is 58.7 Å². The fourth-order valence-corrected chi connectivity index (χ4v) is 3.26. The van der Waals surface area contributed by atoms with Gasteiger partial charge in [0.25, 0.3) is 0 Å². The summed E-state index contributed by atoms with van der Waals surface area (Å²) in [6.45, 7) is 5.60. The molecule has 6 aliphatic heterocycles. The zero-order valence-electron chi connectivity index (χ0n) is 10.9. The van der Waals surface area contributed by atoms with Crippen LogP contribution in [0.3, 0.4) is 0 Å². The summed E-state index contributed by atoms with van der Waals surface area (Å²) < 4.78 is 16.3. The Balaban J connectivity index is 1.40. The van der Waals surface area contributed by atoms with Crippen LogP contribution >= 0.6 is 0 Å². The highest BCUT2D eigenvalue weighted by Gasteiger charge is 3.15. The molecule has 12 heteroatoms. The number of hydrogen-bond donors (Lipinski definition) is 0. The highest BCUT2D eigenvalue weighted by Crippen LogP contribution is 2.82. The molecule has 6 saturated heterocycles. The molecule has 0 N–H and O–H groups in total. The zero-order valence-corrected chi connectivity index (χ0v) is 10.9. The molecular formula is C10H8O12. The Morgan fingerprint density at radius 2 is 1.59 bits per heavy atom. The number of ether oxygens (including phenoxy) is 3. The van der Waals surface area contributed by atoms with Crippen LogP contribution in [0.15, 0.2) is 12.2 Å². The maximum Gasteiger partial charge on any atom is 0.386 e. The third-order valence-electron chi connectivity index (χ3n) is 4.37. The lowest BCUT2D eigenvalue weighted by molar-refractivity contribution is -0.530. The first-order valence-electron chi connectivity index (χ1n) is 6.39. The second-order valence-electron chi connectivity index (χ2n) is 5.75. The van der Waals surface area contributed by atoms with Gasteiger partial charge < -0.3 is 0 Å². The third kappa shape index (κ3) is 0.949. The summed E-state index contributed by atoms with van der Waals surface area (Å²) in [4.78, 5) is 30.0. The van der Waals surface area contributed by atoms with E-state index in [1.54, 1.807) is 6.92 Å². The van der Waals surface area contributed by atoms with Gasteiger partial charge >= 0.3 is 29.1 Å². The van der Waals surface area contributed by atoms with Crippen molar-refractivity contribution in [1.29, 1.82) is 0 Å². The highest BCUT2D eigenvalue weighted by molar-refractivity contribution is 5.31. The average Bonchev–Trinajstić information content (AvgIpc) is 2.95. The summed E-state index contributed by atoms with van der Waals surface area (Å²) in [5.74, 6) is -8.18. The summed E-state index contributed by atoms with van der Waals surface area (Å²) in [5.41, 5.74) is 0.798. The molecule has 0 amide bonds. The number of fused-ring (bicyclic) bond motifs is 2. The first kappa shape index (κ1) is 12.7. The molecule has 6 fully saturated rings. The number of hydrogen-bond acceptors (Lipinski definition) is 12. The highest BCUT2D eigenvalue weighted by atomic mass is 17.6. The molecule has 6 heterocycles. The van der Waals surface area contributed by atoms with Gasteiger partial charge in [-0.3, -0.25) is 14.2 Å². The Labute approximate surface area is 120 Å². The van der Waals surface area contributed by atoms with Gasteiger partial charge in [-0.05, 0) is 6.92 Å². The first-order valence-corrected chi connectivity index (χ1v) is 6.39. The van der Waals surface area contributed by atoms with Gasteiger partial charge in [-0.2, -0.15) is 24.4 Å². The van der Waals surface area contributed by atoms with Crippen molar-refractivity contribution < 1.29 is 58.7 Å². The predicted octanol–water partition coefficient (Wildman–Crippen LogP) is -0.469. The lowest BCUT2D eigenvalue weighted by Crippen LogP contribution is -2.71. The van der Waals surface area contributed by atoms with E-state index >= 15 is 0 Å². The van der Waals surface area contributed by atoms with E-state index in [9.17, 15) is 0 Å². The SMILES string of the molecule is C=C(C)CC1OOO[C@]12O[C@@]21OOO[C@@]12OC13OOO[C@@]12O3. The molecule has 2 unspecified atom stereocenters. The predicted molar refractivity (Wildman–Crippen MR) is 49.9 cm³/mol. The molecule has 0 aromatic heterocycles. The molecular weight excluding hydrogens is 312 g/mol. The van der Waals surface area contributed by atoms with Crippen LogP contribution in [0.25, 0.3) is 0 Å². The van der Waals surface area contributed by atoms with Gasteiger partial charge in [-0.15, -0.1) is 11.5 Å². The van der Waals surface area contributed by atoms with Crippen molar-refractivity contribution in [3.05, 3.63) is 12.2 Å². The lowest BCUT2D eigenvalue weighted by atomic mass is 9.89. The molecule has 120 valence electrons. The zero-order chi connectivity index (χ0) is 14.8. The maximum absolute atomic E-state index is 5.60. The standard InChI is InChI=1S/C10H8O12/c1-4(2)3-5-6(15-20-11-5)7(12-6)8(17-21-16-7)9-10(13-8,14-9)19-22-18-9/h5H,1,3H2,2H3/t5?,6-,7-,8+,9-,10?/m1/s1. The van der Waals surface area contributed by atoms with Crippen LogP contribution in [-0.4, -0.2) is 35.2 Å². The summed E-state index contributed by atoms with van der Waals surface area (Å²) in [7, 11) is 0. The van der Waals surface area contributed by atoms with E-state index in [1.165, 1.54) is 0 Å². The molecule has 3 spiro atoms. The Kier molecular flexibility index (Phi) is 1.86. The van der Waals surface area contributed by atoms with E-state index in [-0.39, 0.29) is 0 Å². The number of rotatable bonds is 2. The lowest BCUT2D eigenvalue weighted by Gasteiger charge is -2.35. The van der Waals surface area contributed by atoms with E-state index in [1.807, 2.05) is 0 Å². The molecule has 12 nitrogen and oxygen atoms in total. The van der Waals surface area contributed by atoms with Crippen molar-refractivity contribution in [1.82, 2.24) is 0 Å². The van der Waals surface area contributed by atoms with E-state index in [2.05, 4.69) is 21.7 Å². The molecule has 6 aliphatic rings. The van der Waals surface area contributed by atoms with Crippen LogP contribution in [0.5, 0.6) is 0 Å². The summed E-state index contributed by atoms with van der Waals surface area (Å²) in [6.07, 6.45) is -0.363. The molecule has 0 saturated carbocycles. The van der Waals surface area contributed by atoms with E-state index in [4.69, 9.17) is 43.5 Å². The van der Waals surface area contributed by atoms with Crippen LogP contribution in [0, 0.1) is 0 Å². The van der Waals surface area contributed by atoms with E-state index < -0.39 is 35.2 Å². The molecule has 6 rings (SSSR count). The summed E-state index contributed by atoms with van der Waals surface area (Å²) >= 11 is 0. The Morgan fingerprint density at radius 3 is 2.36 bits per heavy atom. The quantitative estimate of drug-likeness (QED) is 0.372. The third-order valence-corrected chi connectivity index (χ3v) is 4.37. The van der Waals surface area contributed by atoms with Gasteiger partial charge in [0, 0.05) is 6.42 Å². The molecule has 0 aromatic rings. The van der Waals surface area contributed by atoms with Crippen molar-refractivity contribution >= 4 is 0 Å². The van der Waals surface area contributed by atoms with E-state index in [0.29, 0.717) is 6.42 Å². The second kappa shape index (κ2) is 3.23. The van der Waals surface area contributed by atoms with Gasteiger partial charge in [0.2, 0.25) is 0 Å². The molecule has 0 aromatic carbocycles. The number of epoxide rings is 2. The fraction of sp³-hybridized carbons (Fsp3) is 0.800. The molecule has 0 radical (unpaired) electrons. The van der Waals surface area contributed by atoms with Crippen LogP contribution in [0.1, 0.15) is 13.3 Å². The molecule has 22 heavy (non-hydrogen) atoms. The van der Waals surface area contributed by atoms with Crippen LogP contribution in [0.2, 0.25) is 0 Å². The van der Waals surface area contributed by atoms with Gasteiger partial charge in [-0.1, -0.05) is 20.7 Å². The van der Waals surface area contributed by atoms with Gasteiger partial charge in [0.1, 0.15) is 0 Å². The minimum absolute atomic E-state index is 0.355. The van der Waals surface area contributed by atoms with Crippen LogP contribution < -0.4 is 0 Å². The summed E-state index contributed by atoms with van der Waals surface area (Å²) in [6, 6.07) is 0. The Hall–Kier alpha value is -0.740. The van der Waals surface area contributed by atoms with Crippen molar-refractivity contribution in [3.8, 4) is 0 Å². The second-order valence-corrected chi connectivity index (χ2v) is 5.75. The first-order chi connectivity index (χ1) is 10.6. The van der Waals surface area contributed by atoms with Crippen molar-refractivity contribution in [3.63, 3.8) is 0 Å². The van der Waals surface area contributed by atoms with E-state index in [0.717, 1.165) is 5.57 Å². The van der Waals surface area contributed by atoms with Gasteiger partial charge in [0.15, 0.2) is 6.10 Å². The molecule has 6 atom stereocenters.